The van der Waals surface area contributed by atoms with Gasteiger partial charge in [-0.15, -0.1) is 22.7 Å². The van der Waals surface area contributed by atoms with E-state index in [0.29, 0.717) is 17.9 Å². The van der Waals surface area contributed by atoms with E-state index in [4.69, 9.17) is 0 Å². The normalized spacial score (nSPS) is 10.9. The van der Waals surface area contributed by atoms with Gasteiger partial charge in [0.15, 0.2) is 4.34 Å². The first kappa shape index (κ1) is 19.7. The number of aromatic nitrogens is 2. The van der Waals surface area contributed by atoms with Crippen LogP contribution >= 0.6 is 34.4 Å². The van der Waals surface area contributed by atoms with E-state index in [1.54, 1.807) is 22.7 Å². The molecule has 5 nitrogen and oxygen atoms in total. The number of benzene rings is 1. The molecule has 29 heavy (non-hydrogen) atoms. The van der Waals surface area contributed by atoms with Gasteiger partial charge in [-0.3, -0.25) is 4.79 Å². The zero-order valence-electron chi connectivity index (χ0n) is 15.9. The van der Waals surface area contributed by atoms with Crippen LogP contribution in [0.4, 0.5) is 5.82 Å². The van der Waals surface area contributed by atoms with Crippen LogP contribution in [0.2, 0.25) is 0 Å². The van der Waals surface area contributed by atoms with Gasteiger partial charge in [0.1, 0.15) is 11.9 Å². The van der Waals surface area contributed by atoms with Crippen LogP contribution in [-0.2, 0) is 11.3 Å². The van der Waals surface area contributed by atoms with E-state index in [2.05, 4.69) is 22.4 Å². The summed E-state index contributed by atoms with van der Waals surface area (Å²) in [7, 11) is 0. The van der Waals surface area contributed by atoms with Gasteiger partial charge < -0.3 is 9.88 Å². The number of anilines is 1. The molecule has 0 saturated heterocycles. The minimum atomic E-state index is -0.143. The minimum absolute atomic E-state index is 0.143. The molecule has 4 aromatic rings. The van der Waals surface area contributed by atoms with Crippen LogP contribution in [0.5, 0.6) is 0 Å². The molecule has 0 fully saturated rings. The highest BCUT2D eigenvalue weighted by Gasteiger charge is 2.20. The van der Waals surface area contributed by atoms with E-state index < -0.39 is 0 Å². The zero-order valence-corrected chi connectivity index (χ0v) is 18.4. The number of nitrogens with one attached hydrogen (secondary N) is 1. The summed E-state index contributed by atoms with van der Waals surface area (Å²) in [5.41, 5.74) is 3.36. The van der Waals surface area contributed by atoms with Crippen LogP contribution in [0.3, 0.4) is 0 Å². The number of hydrogen-bond acceptors (Lipinski definition) is 6. The summed E-state index contributed by atoms with van der Waals surface area (Å²) < 4.78 is 3.99. The summed E-state index contributed by atoms with van der Waals surface area (Å²) in [6, 6.07) is 14.3. The molecular formula is C21H18N4OS3. The Labute approximate surface area is 181 Å². The lowest BCUT2D eigenvalue weighted by Gasteiger charge is -2.12. The molecule has 0 aliphatic rings. The number of carbonyl (C=O) groups excluding carboxylic acids is 1. The first-order chi connectivity index (χ1) is 14.1. The highest BCUT2D eigenvalue weighted by molar-refractivity contribution is 8.01. The fraction of sp³-hybridized carbons (Fsp3) is 0.190. The van der Waals surface area contributed by atoms with Crippen molar-refractivity contribution in [2.24, 2.45) is 0 Å². The molecule has 3 heterocycles. The third-order valence-corrected chi connectivity index (χ3v) is 7.73. The molecule has 0 spiro atoms. The number of rotatable bonds is 6. The molecule has 0 atom stereocenters. The Bertz CT molecular complexity index is 1180. The van der Waals surface area contributed by atoms with Gasteiger partial charge in [0.05, 0.1) is 28.1 Å². The van der Waals surface area contributed by atoms with Crippen molar-refractivity contribution in [3.05, 3.63) is 63.5 Å². The second kappa shape index (κ2) is 8.41. The lowest BCUT2D eigenvalue weighted by atomic mass is 10.2. The van der Waals surface area contributed by atoms with Crippen LogP contribution < -0.4 is 5.32 Å². The van der Waals surface area contributed by atoms with Crippen molar-refractivity contribution in [1.82, 2.24) is 9.55 Å². The van der Waals surface area contributed by atoms with Crippen molar-refractivity contribution in [3.8, 4) is 6.07 Å². The predicted molar refractivity (Wildman–Crippen MR) is 121 cm³/mol. The Morgan fingerprint density at radius 3 is 2.83 bits per heavy atom. The van der Waals surface area contributed by atoms with Crippen molar-refractivity contribution in [3.63, 3.8) is 0 Å². The van der Waals surface area contributed by atoms with E-state index in [9.17, 15) is 10.1 Å². The van der Waals surface area contributed by atoms with Gasteiger partial charge in [-0.25, -0.2) is 4.98 Å². The summed E-state index contributed by atoms with van der Waals surface area (Å²) in [4.78, 5) is 18.4. The molecule has 1 amide bonds. The predicted octanol–water partition coefficient (Wildman–Crippen LogP) is 5.43. The van der Waals surface area contributed by atoms with E-state index in [0.717, 1.165) is 25.8 Å². The van der Waals surface area contributed by atoms with Crippen molar-refractivity contribution >= 4 is 56.4 Å². The smallest absolute Gasteiger partial charge is 0.235 e. The fourth-order valence-electron chi connectivity index (χ4n) is 3.09. The second-order valence-corrected chi connectivity index (χ2v) is 9.78. The SMILES string of the molecule is Cc1c(C#N)c(NC(=O)CSc2nc3ccccc3s2)n(Cc2cccs2)c1C. The minimum Gasteiger partial charge on any atom is -0.325 e. The van der Waals surface area contributed by atoms with Crippen LogP contribution in [0.15, 0.2) is 46.1 Å². The largest absolute Gasteiger partial charge is 0.325 e. The molecule has 146 valence electrons. The number of thiazole rings is 1. The average Bonchev–Trinajstić information content (AvgIpc) is 3.42. The second-order valence-electron chi connectivity index (χ2n) is 6.50. The number of nitriles is 1. The average molecular weight is 439 g/mol. The van der Waals surface area contributed by atoms with E-state index in [-0.39, 0.29) is 11.7 Å². The monoisotopic (exact) mass is 438 g/mol. The number of amides is 1. The number of carbonyl (C=O) groups is 1. The van der Waals surface area contributed by atoms with Gasteiger partial charge in [0.2, 0.25) is 5.91 Å². The molecule has 0 aliphatic heterocycles. The molecule has 8 heteroatoms. The number of para-hydroxylation sites is 1. The molecule has 1 aromatic carbocycles. The zero-order chi connectivity index (χ0) is 20.4. The van der Waals surface area contributed by atoms with Gasteiger partial charge in [0.25, 0.3) is 0 Å². The van der Waals surface area contributed by atoms with Crippen molar-refractivity contribution in [2.75, 3.05) is 11.1 Å². The molecule has 0 radical (unpaired) electrons. The van der Waals surface area contributed by atoms with Gasteiger partial charge in [-0.05, 0) is 43.0 Å². The highest BCUT2D eigenvalue weighted by Crippen LogP contribution is 2.31. The Morgan fingerprint density at radius 2 is 2.10 bits per heavy atom. The third-order valence-electron chi connectivity index (χ3n) is 4.69. The van der Waals surface area contributed by atoms with Gasteiger partial charge in [-0.2, -0.15) is 5.26 Å². The van der Waals surface area contributed by atoms with Gasteiger partial charge in [-0.1, -0.05) is 30.0 Å². The summed E-state index contributed by atoms with van der Waals surface area (Å²) in [5, 5.41) is 14.6. The van der Waals surface area contributed by atoms with Crippen LogP contribution in [0.25, 0.3) is 10.2 Å². The molecule has 0 aliphatic carbocycles. The van der Waals surface area contributed by atoms with Crippen LogP contribution in [0.1, 0.15) is 21.7 Å². The Kier molecular flexibility index (Phi) is 5.72. The number of thiophene rings is 1. The number of hydrogen-bond donors (Lipinski definition) is 1. The summed E-state index contributed by atoms with van der Waals surface area (Å²) in [5.74, 6) is 0.675. The number of fused-ring (bicyclic) bond motifs is 1. The van der Waals surface area contributed by atoms with Crippen LogP contribution in [-0.4, -0.2) is 21.2 Å². The van der Waals surface area contributed by atoms with E-state index >= 15 is 0 Å². The first-order valence-electron chi connectivity index (χ1n) is 8.97. The van der Waals surface area contributed by atoms with E-state index in [1.807, 2.05) is 54.1 Å². The quantitative estimate of drug-likeness (QED) is 0.408. The first-order valence-corrected chi connectivity index (χ1v) is 11.7. The molecular weight excluding hydrogens is 420 g/mol. The summed E-state index contributed by atoms with van der Waals surface area (Å²) in [6.45, 7) is 4.53. The Morgan fingerprint density at radius 1 is 1.28 bits per heavy atom. The topological polar surface area (TPSA) is 70.7 Å². The summed E-state index contributed by atoms with van der Waals surface area (Å²) >= 11 is 4.65. The van der Waals surface area contributed by atoms with Crippen molar-refractivity contribution < 1.29 is 4.79 Å². The fourth-order valence-corrected chi connectivity index (χ4v) is 5.66. The lowest BCUT2D eigenvalue weighted by Crippen LogP contribution is -2.18. The maximum absolute atomic E-state index is 12.7. The van der Waals surface area contributed by atoms with Crippen molar-refractivity contribution in [1.29, 1.82) is 5.26 Å². The maximum Gasteiger partial charge on any atom is 0.235 e. The van der Waals surface area contributed by atoms with E-state index in [1.165, 1.54) is 16.6 Å². The summed E-state index contributed by atoms with van der Waals surface area (Å²) in [6.07, 6.45) is 0. The van der Waals surface area contributed by atoms with Crippen molar-refractivity contribution in [2.45, 2.75) is 24.7 Å². The molecule has 3 aromatic heterocycles. The van der Waals surface area contributed by atoms with Crippen LogP contribution in [0, 0.1) is 25.2 Å². The number of thioether (sulfide) groups is 1. The molecule has 0 unspecified atom stereocenters. The number of nitrogens with zero attached hydrogens (tertiary/aromatic N) is 3. The Balaban J connectivity index is 1.52. The standard InChI is InChI=1S/C21H18N4OS3/c1-13-14(2)25(11-15-6-5-9-27-15)20(16(13)10-22)24-19(26)12-28-21-23-17-7-3-4-8-18(17)29-21/h3-9H,11-12H2,1-2H3,(H,24,26). The molecule has 1 N–H and O–H groups in total. The van der Waals surface area contributed by atoms with Gasteiger partial charge in [0, 0.05) is 10.6 Å². The lowest BCUT2D eigenvalue weighted by molar-refractivity contribution is -0.113. The molecule has 0 bridgehead atoms. The van der Waals surface area contributed by atoms with Gasteiger partial charge >= 0.3 is 0 Å². The highest BCUT2D eigenvalue weighted by atomic mass is 32.2. The molecule has 0 saturated carbocycles. The third kappa shape index (κ3) is 4.08. The Hall–Kier alpha value is -2.60. The molecule has 4 rings (SSSR count). The maximum atomic E-state index is 12.7.